The molecule has 5 N–H and O–H groups in total. The van der Waals surface area contributed by atoms with Crippen LogP contribution in [0.2, 0.25) is 0 Å². The molecule has 4 nitrogen and oxygen atoms in total. The number of hydrogen-bond acceptors (Lipinski definition) is 4. The van der Waals surface area contributed by atoms with E-state index in [1.807, 2.05) is 24.3 Å². The third kappa shape index (κ3) is 5.59. The van der Waals surface area contributed by atoms with Crippen molar-refractivity contribution in [2.24, 2.45) is 11.5 Å². The van der Waals surface area contributed by atoms with E-state index in [9.17, 15) is 5.11 Å². The van der Waals surface area contributed by atoms with E-state index in [0.717, 1.165) is 24.3 Å². The van der Waals surface area contributed by atoms with Crippen LogP contribution < -0.4 is 16.2 Å². The van der Waals surface area contributed by atoms with Crippen LogP contribution in [0.15, 0.2) is 24.3 Å². The van der Waals surface area contributed by atoms with Crippen LogP contribution in [-0.4, -0.2) is 24.3 Å². The average Bonchev–Trinajstić information content (AvgIpc) is 2.44. The molecule has 108 valence electrons. The highest BCUT2D eigenvalue weighted by atomic mass is 16.5. The maximum Gasteiger partial charge on any atom is 0.119 e. The summed E-state index contributed by atoms with van der Waals surface area (Å²) in [6, 6.07) is 7.15. The molecule has 1 aromatic carbocycles. The van der Waals surface area contributed by atoms with Crippen LogP contribution in [-0.2, 0) is 0 Å². The minimum atomic E-state index is -0.669. The van der Waals surface area contributed by atoms with Crippen molar-refractivity contribution >= 4 is 0 Å². The van der Waals surface area contributed by atoms with Crippen LogP contribution in [0.4, 0.5) is 0 Å². The fourth-order valence-electron chi connectivity index (χ4n) is 1.90. The van der Waals surface area contributed by atoms with E-state index in [1.165, 1.54) is 12.8 Å². The number of ether oxygens (including phenoxy) is 1. The molecule has 2 atom stereocenters. The first-order valence-corrected chi connectivity index (χ1v) is 7.05. The fraction of sp³-hybridized carbons (Fsp3) is 0.600. The van der Waals surface area contributed by atoms with Gasteiger partial charge in [-0.05, 0) is 37.1 Å². The second-order valence-corrected chi connectivity index (χ2v) is 4.81. The first-order chi connectivity index (χ1) is 9.19. The summed E-state index contributed by atoms with van der Waals surface area (Å²) in [5.41, 5.74) is 12.1. The number of unbranched alkanes of at least 4 members (excludes halogenated alkanes) is 2. The van der Waals surface area contributed by atoms with Crippen LogP contribution in [0, 0.1) is 0 Å². The highest BCUT2D eigenvalue weighted by molar-refractivity contribution is 5.29. The molecule has 0 bridgehead atoms. The van der Waals surface area contributed by atoms with E-state index in [2.05, 4.69) is 6.92 Å². The molecule has 0 radical (unpaired) electrons. The summed E-state index contributed by atoms with van der Waals surface area (Å²) < 4.78 is 5.62. The molecule has 19 heavy (non-hydrogen) atoms. The van der Waals surface area contributed by atoms with E-state index >= 15 is 0 Å². The lowest BCUT2D eigenvalue weighted by atomic mass is 10.0. The Hall–Kier alpha value is -1.10. The van der Waals surface area contributed by atoms with E-state index in [4.69, 9.17) is 16.2 Å². The molecular weight excluding hydrogens is 240 g/mol. The van der Waals surface area contributed by atoms with Crippen LogP contribution >= 0.6 is 0 Å². The van der Waals surface area contributed by atoms with Crippen molar-refractivity contribution in [1.82, 2.24) is 0 Å². The SMILES string of the molecule is CCCCCOc1ccc(C(O)C(N)CCN)cc1. The van der Waals surface area contributed by atoms with Crippen molar-refractivity contribution in [2.45, 2.75) is 44.8 Å². The molecule has 0 saturated heterocycles. The quantitative estimate of drug-likeness (QED) is 0.597. The standard InChI is InChI=1S/C15H26N2O2/c1-2-3-4-11-19-13-7-5-12(6-8-13)15(18)14(17)9-10-16/h5-8,14-15,18H,2-4,9-11,16-17H2,1H3. The Morgan fingerprint density at radius 3 is 2.47 bits per heavy atom. The maximum atomic E-state index is 10.0. The van der Waals surface area contributed by atoms with E-state index < -0.39 is 6.10 Å². The van der Waals surface area contributed by atoms with Gasteiger partial charge in [0, 0.05) is 6.04 Å². The van der Waals surface area contributed by atoms with Crippen molar-refractivity contribution in [3.8, 4) is 5.75 Å². The summed E-state index contributed by atoms with van der Waals surface area (Å²) in [6.45, 7) is 3.39. The van der Waals surface area contributed by atoms with Gasteiger partial charge in [-0.15, -0.1) is 0 Å². The van der Waals surface area contributed by atoms with Crippen LogP contribution in [0.1, 0.15) is 44.3 Å². The zero-order valence-corrected chi connectivity index (χ0v) is 11.7. The molecule has 0 amide bonds. The molecule has 1 aromatic rings. The number of nitrogens with two attached hydrogens (primary N) is 2. The van der Waals surface area contributed by atoms with Gasteiger partial charge in [0.25, 0.3) is 0 Å². The van der Waals surface area contributed by atoms with E-state index in [-0.39, 0.29) is 6.04 Å². The van der Waals surface area contributed by atoms with Crippen LogP contribution in [0.25, 0.3) is 0 Å². The molecule has 0 heterocycles. The summed E-state index contributed by atoms with van der Waals surface area (Å²) >= 11 is 0. The van der Waals surface area contributed by atoms with Gasteiger partial charge in [0.2, 0.25) is 0 Å². The van der Waals surface area contributed by atoms with Gasteiger partial charge in [-0.25, -0.2) is 0 Å². The molecule has 0 aliphatic rings. The smallest absolute Gasteiger partial charge is 0.119 e. The lowest BCUT2D eigenvalue weighted by molar-refractivity contribution is 0.143. The van der Waals surface area contributed by atoms with Crippen LogP contribution in [0.5, 0.6) is 5.75 Å². The lowest BCUT2D eigenvalue weighted by Crippen LogP contribution is -2.30. The summed E-state index contributed by atoms with van der Waals surface area (Å²) in [7, 11) is 0. The number of rotatable bonds is 9. The highest BCUT2D eigenvalue weighted by Gasteiger charge is 2.15. The minimum Gasteiger partial charge on any atom is -0.494 e. The molecule has 2 unspecified atom stereocenters. The Labute approximate surface area is 115 Å². The molecule has 0 spiro atoms. The first kappa shape index (κ1) is 16.0. The zero-order valence-electron chi connectivity index (χ0n) is 11.7. The van der Waals surface area contributed by atoms with Gasteiger partial charge in [-0.2, -0.15) is 0 Å². The van der Waals surface area contributed by atoms with E-state index in [1.54, 1.807) is 0 Å². The molecule has 0 aromatic heterocycles. The Morgan fingerprint density at radius 2 is 1.89 bits per heavy atom. The molecule has 0 aliphatic heterocycles. The number of aliphatic hydroxyl groups excluding tert-OH is 1. The third-order valence-corrected chi connectivity index (χ3v) is 3.14. The Kier molecular flexibility index (Phi) is 7.48. The van der Waals surface area contributed by atoms with Gasteiger partial charge < -0.3 is 21.3 Å². The van der Waals surface area contributed by atoms with Gasteiger partial charge in [0.05, 0.1) is 12.7 Å². The summed E-state index contributed by atoms with van der Waals surface area (Å²) in [6.07, 6.45) is 3.38. The number of benzene rings is 1. The molecule has 4 heteroatoms. The molecule has 0 fully saturated rings. The Balaban J connectivity index is 2.46. The lowest BCUT2D eigenvalue weighted by Gasteiger charge is -2.18. The van der Waals surface area contributed by atoms with Crippen molar-refractivity contribution in [1.29, 1.82) is 0 Å². The molecule has 0 aliphatic carbocycles. The summed E-state index contributed by atoms with van der Waals surface area (Å²) in [5.74, 6) is 0.833. The van der Waals surface area contributed by atoms with E-state index in [0.29, 0.717) is 13.0 Å². The topological polar surface area (TPSA) is 81.5 Å². The molecular formula is C15H26N2O2. The fourth-order valence-corrected chi connectivity index (χ4v) is 1.90. The predicted molar refractivity (Wildman–Crippen MR) is 78.1 cm³/mol. The van der Waals surface area contributed by atoms with Gasteiger partial charge in [-0.3, -0.25) is 0 Å². The summed E-state index contributed by atoms with van der Waals surface area (Å²) in [4.78, 5) is 0. The van der Waals surface area contributed by atoms with Gasteiger partial charge in [-0.1, -0.05) is 31.9 Å². The Bertz CT molecular complexity index is 341. The second kappa shape index (κ2) is 8.91. The summed E-state index contributed by atoms with van der Waals surface area (Å²) in [5, 5.41) is 10.0. The highest BCUT2D eigenvalue weighted by Crippen LogP contribution is 2.20. The zero-order chi connectivity index (χ0) is 14.1. The second-order valence-electron chi connectivity index (χ2n) is 4.81. The van der Waals surface area contributed by atoms with Gasteiger partial charge in [0.15, 0.2) is 0 Å². The van der Waals surface area contributed by atoms with Crippen LogP contribution in [0.3, 0.4) is 0 Å². The van der Waals surface area contributed by atoms with Crippen molar-refractivity contribution < 1.29 is 9.84 Å². The first-order valence-electron chi connectivity index (χ1n) is 7.05. The monoisotopic (exact) mass is 266 g/mol. The number of aliphatic hydroxyl groups is 1. The van der Waals surface area contributed by atoms with Crippen molar-refractivity contribution in [2.75, 3.05) is 13.2 Å². The average molecular weight is 266 g/mol. The van der Waals surface area contributed by atoms with Crippen molar-refractivity contribution in [3.63, 3.8) is 0 Å². The predicted octanol–water partition coefficient (Wildman–Crippen LogP) is 1.97. The normalized spacial score (nSPS) is 14.1. The largest absolute Gasteiger partial charge is 0.494 e. The minimum absolute atomic E-state index is 0.318. The molecule has 0 saturated carbocycles. The third-order valence-electron chi connectivity index (χ3n) is 3.14. The molecule has 1 rings (SSSR count). The maximum absolute atomic E-state index is 10.0. The number of hydrogen-bond donors (Lipinski definition) is 3. The van der Waals surface area contributed by atoms with Crippen molar-refractivity contribution in [3.05, 3.63) is 29.8 Å². The Morgan fingerprint density at radius 1 is 1.21 bits per heavy atom. The van der Waals surface area contributed by atoms with Gasteiger partial charge >= 0.3 is 0 Å². The van der Waals surface area contributed by atoms with Gasteiger partial charge in [0.1, 0.15) is 5.75 Å².